The summed E-state index contributed by atoms with van der Waals surface area (Å²) in [5.74, 6) is 7.37. The largest absolute Gasteiger partial charge is 0.298 e. The quantitative estimate of drug-likeness (QED) is 0.474. The molecule has 0 unspecified atom stereocenters. The Morgan fingerprint density at radius 3 is 2.59 bits per heavy atom. The van der Waals surface area contributed by atoms with E-state index in [1.807, 2.05) is 18.2 Å². The van der Waals surface area contributed by atoms with Crippen molar-refractivity contribution in [1.29, 1.82) is 0 Å². The van der Waals surface area contributed by atoms with Crippen LogP contribution in [0.15, 0.2) is 48.7 Å². The third-order valence-corrected chi connectivity index (χ3v) is 5.23. The Labute approximate surface area is 159 Å². The molecular formula is C24H21N3. The zero-order valence-corrected chi connectivity index (χ0v) is 15.7. The molecule has 0 saturated heterocycles. The Kier molecular flexibility index (Phi) is 3.72. The summed E-state index contributed by atoms with van der Waals surface area (Å²) < 4.78 is 2.17. The predicted octanol–water partition coefficient (Wildman–Crippen LogP) is 5.03. The van der Waals surface area contributed by atoms with E-state index in [9.17, 15) is 0 Å². The van der Waals surface area contributed by atoms with Gasteiger partial charge in [0.05, 0.1) is 22.5 Å². The Morgan fingerprint density at radius 1 is 1.04 bits per heavy atom. The molecule has 1 fully saturated rings. The van der Waals surface area contributed by atoms with Crippen LogP contribution in [0.1, 0.15) is 53.8 Å². The minimum absolute atomic E-state index is 0.538. The SMILES string of the molecule is CCc1nc(C2CC2)c(C#Cc2ccc(C)cc2)c2c1nc1ccccn12. The average molecular weight is 351 g/mol. The van der Waals surface area contributed by atoms with Crippen LogP contribution in [0.25, 0.3) is 16.7 Å². The number of fused-ring (bicyclic) bond motifs is 3. The fraction of sp³-hybridized carbons (Fsp3) is 0.250. The lowest BCUT2D eigenvalue weighted by molar-refractivity contribution is 0.953. The van der Waals surface area contributed by atoms with Gasteiger partial charge in [-0.2, -0.15) is 0 Å². The number of pyridine rings is 2. The molecule has 3 heteroatoms. The summed E-state index contributed by atoms with van der Waals surface area (Å²) in [5, 5.41) is 0. The summed E-state index contributed by atoms with van der Waals surface area (Å²) >= 11 is 0. The van der Waals surface area contributed by atoms with Gasteiger partial charge in [-0.3, -0.25) is 9.38 Å². The van der Waals surface area contributed by atoms with E-state index >= 15 is 0 Å². The first-order valence-electron chi connectivity index (χ1n) is 9.63. The van der Waals surface area contributed by atoms with Crippen molar-refractivity contribution in [2.24, 2.45) is 0 Å². The van der Waals surface area contributed by atoms with E-state index in [0.29, 0.717) is 5.92 Å². The Balaban J connectivity index is 1.81. The van der Waals surface area contributed by atoms with Crippen LogP contribution in [-0.4, -0.2) is 14.4 Å². The molecule has 0 spiro atoms. The minimum Gasteiger partial charge on any atom is -0.298 e. The Hall–Kier alpha value is -3.12. The lowest BCUT2D eigenvalue weighted by Gasteiger charge is -2.08. The second kappa shape index (κ2) is 6.25. The van der Waals surface area contributed by atoms with Crippen LogP contribution in [0, 0.1) is 18.8 Å². The molecular weight excluding hydrogens is 330 g/mol. The molecule has 4 aromatic rings. The van der Waals surface area contributed by atoms with Gasteiger partial charge in [0.2, 0.25) is 0 Å². The van der Waals surface area contributed by atoms with Gasteiger partial charge in [-0.1, -0.05) is 42.5 Å². The van der Waals surface area contributed by atoms with Crippen LogP contribution in [0.4, 0.5) is 0 Å². The summed E-state index contributed by atoms with van der Waals surface area (Å²) in [7, 11) is 0. The predicted molar refractivity (Wildman–Crippen MR) is 109 cm³/mol. The molecule has 0 atom stereocenters. The van der Waals surface area contributed by atoms with Crippen molar-refractivity contribution in [2.75, 3.05) is 0 Å². The highest BCUT2D eigenvalue weighted by Crippen LogP contribution is 2.42. The van der Waals surface area contributed by atoms with Crippen molar-refractivity contribution < 1.29 is 0 Å². The number of benzene rings is 1. The molecule has 0 N–H and O–H groups in total. The van der Waals surface area contributed by atoms with E-state index in [0.717, 1.165) is 45.6 Å². The van der Waals surface area contributed by atoms with E-state index in [4.69, 9.17) is 9.97 Å². The van der Waals surface area contributed by atoms with Gasteiger partial charge < -0.3 is 0 Å². The molecule has 0 aliphatic heterocycles. The van der Waals surface area contributed by atoms with Crippen molar-refractivity contribution in [3.63, 3.8) is 0 Å². The van der Waals surface area contributed by atoms with Gasteiger partial charge in [0.1, 0.15) is 11.2 Å². The molecule has 1 saturated carbocycles. The van der Waals surface area contributed by atoms with E-state index in [-0.39, 0.29) is 0 Å². The van der Waals surface area contributed by atoms with Crippen molar-refractivity contribution in [3.05, 3.63) is 76.7 Å². The highest BCUT2D eigenvalue weighted by molar-refractivity contribution is 5.89. The highest BCUT2D eigenvalue weighted by atomic mass is 15.0. The Bertz CT molecular complexity index is 1220. The zero-order valence-electron chi connectivity index (χ0n) is 15.7. The first-order chi connectivity index (χ1) is 13.2. The Morgan fingerprint density at radius 2 is 1.85 bits per heavy atom. The molecule has 1 aliphatic carbocycles. The maximum Gasteiger partial charge on any atom is 0.138 e. The van der Waals surface area contributed by atoms with E-state index in [2.05, 4.69) is 60.6 Å². The van der Waals surface area contributed by atoms with Crippen LogP contribution in [-0.2, 0) is 6.42 Å². The fourth-order valence-corrected chi connectivity index (χ4v) is 3.60. The summed E-state index contributed by atoms with van der Waals surface area (Å²) in [6.45, 7) is 4.25. The van der Waals surface area contributed by atoms with Crippen molar-refractivity contribution in [3.8, 4) is 11.8 Å². The van der Waals surface area contributed by atoms with Gasteiger partial charge in [0, 0.05) is 17.7 Å². The third kappa shape index (κ3) is 2.78. The molecule has 132 valence electrons. The molecule has 3 aromatic heterocycles. The van der Waals surface area contributed by atoms with Crippen molar-refractivity contribution >= 4 is 16.7 Å². The standard InChI is InChI=1S/C24H21N3/c1-3-20-23-24(27-15-5-4-6-21(27)26-23)19(22(25-20)18-12-13-18)14-11-17-9-7-16(2)8-10-17/h4-10,15,18H,3,12-13H2,1-2H3. The molecule has 1 aliphatic rings. The summed E-state index contributed by atoms with van der Waals surface area (Å²) in [6.07, 6.45) is 5.37. The van der Waals surface area contributed by atoms with Crippen molar-refractivity contribution in [2.45, 2.75) is 39.0 Å². The molecule has 1 aromatic carbocycles. The van der Waals surface area contributed by atoms with E-state index in [1.165, 1.54) is 18.4 Å². The molecule has 3 nitrogen and oxygen atoms in total. The molecule has 27 heavy (non-hydrogen) atoms. The lowest BCUT2D eigenvalue weighted by atomic mass is 10.0. The van der Waals surface area contributed by atoms with Crippen LogP contribution in [0.5, 0.6) is 0 Å². The minimum atomic E-state index is 0.538. The smallest absolute Gasteiger partial charge is 0.138 e. The van der Waals surface area contributed by atoms with Gasteiger partial charge in [-0.15, -0.1) is 0 Å². The van der Waals surface area contributed by atoms with Gasteiger partial charge in [0.15, 0.2) is 0 Å². The van der Waals surface area contributed by atoms with Gasteiger partial charge in [0.25, 0.3) is 0 Å². The number of hydrogen-bond acceptors (Lipinski definition) is 2. The average Bonchev–Trinajstić information content (AvgIpc) is 3.47. The molecule has 0 bridgehead atoms. The first-order valence-corrected chi connectivity index (χ1v) is 9.63. The highest BCUT2D eigenvalue weighted by Gasteiger charge is 2.30. The second-order valence-electron chi connectivity index (χ2n) is 7.30. The van der Waals surface area contributed by atoms with Gasteiger partial charge in [-0.25, -0.2) is 4.98 Å². The number of nitrogens with zero attached hydrogens (tertiary/aromatic N) is 3. The maximum absolute atomic E-state index is 5.02. The topological polar surface area (TPSA) is 30.2 Å². The van der Waals surface area contributed by atoms with Crippen molar-refractivity contribution in [1.82, 2.24) is 14.4 Å². The number of hydrogen-bond donors (Lipinski definition) is 0. The molecule has 3 heterocycles. The van der Waals surface area contributed by atoms with Gasteiger partial charge >= 0.3 is 0 Å². The van der Waals surface area contributed by atoms with Crippen LogP contribution in [0.3, 0.4) is 0 Å². The normalized spacial score (nSPS) is 13.7. The van der Waals surface area contributed by atoms with E-state index in [1.54, 1.807) is 0 Å². The fourth-order valence-electron chi connectivity index (χ4n) is 3.60. The summed E-state index contributed by atoms with van der Waals surface area (Å²) in [6, 6.07) is 14.5. The van der Waals surface area contributed by atoms with Crippen LogP contribution < -0.4 is 0 Å². The first kappa shape index (κ1) is 16.1. The second-order valence-corrected chi connectivity index (χ2v) is 7.30. The molecule has 5 rings (SSSR count). The zero-order chi connectivity index (χ0) is 18.4. The molecule has 0 amide bonds. The summed E-state index contributed by atoms with van der Waals surface area (Å²) in [4.78, 5) is 9.89. The van der Waals surface area contributed by atoms with Crippen LogP contribution in [0.2, 0.25) is 0 Å². The van der Waals surface area contributed by atoms with E-state index < -0.39 is 0 Å². The third-order valence-electron chi connectivity index (χ3n) is 5.23. The number of aromatic nitrogens is 3. The maximum atomic E-state index is 5.02. The molecule has 0 radical (unpaired) electrons. The number of aryl methyl sites for hydroxylation is 2. The number of imidazole rings is 1. The monoisotopic (exact) mass is 351 g/mol. The number of rotatable bonds is 2. The van der Waals surface area contributed by atoms with Crippen LogP contribution >= 0.6 is 0 Å². The summed E-state index contributed by atoms with van der Waals surface area (Å²) in [5.41, 5.74) is 8.61. The van der Waals surface area contributed by atoms with Gasteiger partial charge in [-0.05, 0) is 50.5 Å². The lowest BCUT2D eigenvalue weighted by Crippen LogP contribution is -2.01.